The average molecular weight is 396 g/mol. The third-order valence-electron chi connectivity index (χ3n) is 5.63. The Hall–Kier alpha value is -2.07. The Bertz CT molecular complexity index is 730. The van der Waals surface area contributed by atoms with Crippen LogP contribution in [0.2, 0.25) is 0 Å². The number of thioether (sulfide) groups is 1. The van der Waals surface area contributed by atoms with Crippen molar-refractivity contribution in [3.8, 4) is 0 Å². The number of rotatable bonds is 5. The van der Waals surface area contributed by atoms with Crippen LogP contribution in [0.3, 0.4) is 0 Å². The van der Waals surface area contributed by atoms with Crippen molar-refractivity contribution >= 4 is 35.4 Å². The minimum Gasteiger partial charge on any atom is -0.477 e. The van der Waals surface area contributed by atoms with Crippen molar-refractivity contribution < 1.29 is 24.6 Å². The predicted octanol–water partition coefficient (Wildman–Crippen LogP) is -0.201. The number of carbonyl (C=O) groups excluding carboxylic acids is 2. The van der Waals surface area contributed by atoms with E-state index in [9.17, 15) is 24.6 Å². The maximum atomic E-state index is 12.4. The van der Waals surface area contributed by atoms with Gasteiger partial charge in [0.2, 0.25) is 11.8 Å². The van der Waals surface area contributed by atoms with Crippen LogP contribution in [-0.2, 0) is 14.4 Å². The molecule has 2 amide bonds. The highest BCUT2D eigenvalue weighted by Gasteiger charge is 2.60. The van der Waals surface area contributed by atoms with Crippen molar-refractivity contribution in [2.75, 3.05) is 6.54 Å². The van der Waals surface area contributed by atoms with Gasteiger partial charge in [-0.1, -0.05) is 6.92 Å². The molecule has 3 rings (SSSR count). The maximum absolute atomic E-state index is 12.4. The summed E-state index contributed by atoms with van der Waals surface area (Å²) in [4.78, 5) is 39.4. The van der Waals surface area contributed by atoms with Gasteiger partial charge < -0.3 is 25.7 Å². The molecule has 0 aliphatic carbocycles. The Morgan fingerprint density at radius 2 is 2.04 bits per heavy atom. The highest BCUT2D eigenvalue weighted by molar-refractivity contribution is 8.03. The monoisotopic (exact) mass is 396 g/mol. The molecule has 9 nitrogen and oxygen atoms in total. The molecular formula is C17H24N4O5S. The second-order valence-electron chi connectivity index (χ2n) is 7.40. The van der Waals surface area contributed by atoms with Crippen LogP contribution in [0.1, 0.15) is 27.2 Å². The van der Waals surface area contributed by atoms with Crippen molar-refractivity contribution in [2.45, 2.75) is 50.6 Å². The van der Waals surface area contributed by atoms with E-state index in [1.807, 2.05) is 6.92 Å². The largest absolute Gasteiger partial charge is 0.477 e. The first kappa shape index (κ1) is 19.7. The first-order valence-electron chi connectivity index (χ1n) is 8.82. The Balaban J connectivity index is 1.86. The van der Waals surface area contributed by atoms with Crippen LogP contribution >= 0.6 is 11.8 Å². The van der Waals surface area contributed by atoms with Crippen molar-refractivity contribution in [1.29, 1.82) is 5.41 Å². The summed E-state index contributed by atoms with van der Waals surface area (Å²) in [5.41, 5.74) is 5.42. The molecule has 0 bridgehead atoms. The first-order valence-corrected chi connectivity index (χ1v) is 9.70. The molecule has 0 aromatic carbocycles. The molecule has 0 aromatic rings. The summed E-state index contributed by atoms with van der Waals surface area (Å²) < 4.78 is 0. The number of carboxylic acids is 1. The smallest absolute Gasteiger partial charge is 0.353 e. The Labute approximate surface area is 161 Å². The minimum absolute atomic E-state index is 0.0277. The number of hydrogen-bond acceptors (Lipinski definition) is 6. The van der Waals surface area contributed by atoms with Gasteiger partial charge in [-0.2, -0.15) is 0 Å². The molecule has 6 atom stereocenters. The summed E-state index contributed by atoms with van der Waals surface area (Å²) in [5.74, 6) is -2.64. The van der Waals surface area contributed by atoms with Crippen molar-refractivity contribution in [3.63, 3.8) is 0 Å². The normalized spacial score (nSPS) is 33.8. The van der Waals surface area contributed by atoms with Crippen LogP contribution in [0.5, 0.6) is 0 Å². The first-order chi connectivity index (χ1) is 12.6. The molecule has 0 saturated carbocycles. The fourth-order valence-electron chi connectivity index (χ4n) is 4.38. The molecule has 27 heavy (non-hydrogen) atoms. The Morgan fingerprint density at radius 1 is 1.41 bits per heavy atom. The van der Waals surface area contributed by atoms with Crippen LogP contribution in [-0.4, -0.2) is 73.6 Å². The number of carboxylic acid groups (broad SMARTS) is 1. The summed E-state index contributed by atoms with van der Waals surface area (Å²) in [7, 11) is 0. The molecule has 3 aliphatic rings. The van der Waals surface area contributed by atoms with Crippen LogP contribution in [0, 0.1) is 17.2 Å². The van der Waals surface area contributed by atoms with Gasteiger partial charge >= 0.3 is 5.97 Å². The van der Waals surface area contributed by atoms with E-state index >= 15 is 0 Å². The lowest BCUT2D eigenvalue weighted by Gasteiger charge is -2.46. The number of fused-ring (bicyclic) bond motifs is 1. The van der Waals surface area contributed by atoms with Gasteiger partial charge in [-0.25, -0.2) is 4.79 Å². The van der Waals surface area contributed by atoms with E-state index in [1.165, 1.54) is 23.6 Å². The zero-order valence-corrected chi connectivity index (χ0v) is 16.2. The predicted molar refractivity (Wildman–Crippen MR) is 98.7 cm³/mol. The fraction of sp³-hybridized carbons (Fsp3) is 0.647. The number of aliphatic carboxylic acids is 1. The van der Waals surface area contributed by atoms with Crippen LogP contribution < -0.4 is 5.73 Å². The number of carbonyl (C=O) groups is 3. The van der Waals surface area contributed by atoms with Crippen LogP contribution in [0.4, 0.5) is 0 Å². The Kier molecular flexibility index (Phi) is 4.98. The van der Waals surface area contributed by atoms with Crippen molar-refractivity contribution in [2.24, 2.45) is 17.6 Å². The van der Waals surface area contributed by atoms with Gasteiger partial charge in [-0.15, -0.1) is 11.8 Å². The lowest BCUT2D eigenvalue weighted by atomic mass is 9.79. The zero-order chi connectivity index (χ0) is 20.2. The molecular weight excluding hydrogens is 372 g/mol. The average Bonchev–Trinajstić information content (AvgIpc) is 3.07. The standard InChI is InChI=1S/C17H24N4O5S/c1-6-12-11(7(2)22)16(24)21(12)13(17(25)26)14(6)27-9-4-10(15(19)23)20(5-9)8(3)18/h6-7,9-12,18,22H,4-5H2,1-3H3,(H2,19,23)(H,25,26)/t6-,7-,9+,10+,11-,12+/m1/s1. The molecule has 2 saturated heterocycles. The number of aliphatic hydroxyl groups is 1. The number of primary amides is 1. The minimum atomic E-state index is -1.17. The number of amides is 2. The lowest BCUT2D eigenvalue weighted by Crippen LogP contribution is -2.63. The number of amidine groups is 1. The molecule has 10 heteroatoms. The van der Waals surface area contributed by atoms with Crippen LogP contribution in [0.15, 0.2) is 10.6 Å². The molecule has 0 aromatic heterocycles. The second-order valence-corrected chi connectivity index (χ2v) is 8.75. The lowest BCUT2D eigenvalue weighted by molar-refractivity contribution is -0.163. The highest BCUT2D eigenvalue weighted by Crippen LogP contribution is 2.52. The molecule has 0 radical (unpaired) electrons. The number of aliphatic hydroxyl groups excluding tert-OH is 1. The highest BCUT2D eigenvalue weighted by atomic mass is 32.2. The van der Waals surface area contributed by atoms with E-state index < -0.39 is 29.9 Å². The quantitative estimate of drug-likeness (QED) is 0.286. The maximum Gasteiger partial charge on any atom is 0.353 e. The number of hydrogen-bond donors (Lipinski definition) is 4. The van der Waals surface area contributed by atoms with Gasteiger partial charge in [0.25, 0.3) is 0 Å². The van der Waals surface area contributed by atoms with E-state index in [4.69, 9.17) is 11.1 Å². The van der Waals surface area contributed by atoms with E-state index in [0.29, 0.717) is 17.9 Å². The summed E-state index contributed by atoms with van der Waals surface area (Å²) in [5, 5.41) is 27.3. The van der Waals surface area contributed by atoms with E-state index in [0.717, 1.165) is 0 Å². The van der Waals surface area contributed by atoms with Crippen molar-refractivity contribution in [1.82, 2.24) is 9.80 Å². The van der Waals surface area contributed by atoms with Gasteiger partial charge in [0, 0.05) is 22.6 Å². The van der Waals surface area contributed by atoms with Gasteiger partial charge in [0.1, 0.15) is 11.7 Å². The van der Waals surface area contributed by atoms with Gasteiger partial charge in [0.05, 0.1) is 23.9 Å². The number of nitrogens with one attached hydrogen (secondary N) is 1. The topological polar surface area (TPSA) is 148 Å². The van der Waals surface area contributed by atoms with E-state index in [2.05, 4.69) is 0 Å². The van der Waals surface area contributed by atoms with E-state index in [-0.39, 0.29) is 34.6 Å². The molecule has 3 heterocycles. The molecule has 3 aliphatic heterocycles. The Morgan fingerprint density at radius 3 is 2.48 bits per heavy atom. The molecule has 0 spiro atoms. The second kappa shape index (κ2) is 6.83. The van der Waals surface area contributed by atoms with Gasteiger partial charge in [0.15, 0.2) is 0 Å². The third-order valence-corrected chi connectivity index (χ3v) is 7.12. The summed E-state index contributed by atoms with van der Waals surface area (Å²) >= 11 is 1.34. The molecule has 5 N–H and O–H groups in total. The number of likely N-dealkylation sites (tertiary alicyclic amines) is 1. The molecule has 148 valence electrons. The summed E-state index contributed by atoms with van der Waals surface area (Å²) in [6.45, 7) is 5.39. The van der Waals surface area contributed by atoms with Crippen LogP contribution in [0.25, 0.3) is 0 Å². The number of β-lactam (4-membered cyclic amide) rings is 1. The number of nitrogens with two attached hydrogens (primary N) is 1. The summed E-state index contributed by atoms with van der Waals surface area (Å²) in [6.07, 6.45) is -0.431. The summed E-state index contributed by atoms with van der Waals surface area (Å²) in [6, 6.07) is -0.950. The fourth-order valence-corrected chi connectivity index (χ4v) is 5.91. The SMILES string of the molecule is CC(=N)N1C[C@@H](SC2=C(C(=O)O)N3C(=O)[C@H]([C@@H](C)O)[C@@H]3[C@H]2C)C[C@H]1C(N)=O. The molecule has 2 fully saturated rings. The van der Waals surface area contributed by atoms with E-state index in [1.54, 1.807) is 11.8 Å². The molecule has 0 unspecified atom stereocenters. The number of nitrogens with zero attached hydrogens (tertiary/aromatic N) is 2. The van der Waals surface area contributed by atoms with Gasteiger partial charge in [-0.3, -0.25) is 15.0 Å². The van der Waals surface area contributed by atoms with Crippen molar-refractivity contribution in [3.05, 3.63) is 10.6 Å². The van der Waals surface area contributed by atoms with Gasteiger partial charge in [-0.05, 0) is 20.3 Å². The zero-order valence-electron chi connectivity index (χ0n) is 15.4. The third kappa shape index (κ3) is 3.00.